The molecule has 1 aromatic carbocycles. The third kappa shape index (κ3) is 6.29. The first-order chi connectivity index (χ1) is 12.5. The largest absolute Gasteiger partial charge is 0.511 e. The van der Waals surface area contributed by atoms with Crippen LogP contribution in [0.5, 0.6) is 5.75 Å². The summed E-state index contributed by atoms with van der Waals surface area (Å²) in [6, 6.07) is 6.18. The highest BCUT2D eigenvalue weighted by Crippen LogP contribution is 2.41. The van der Waals surface area contributed by atoms with Gasteiger partial charge in [0.2, 0.25) is 0 Å². The number of rotatable bonds is 7. The number of nitrogens with one attached hydrogen (secondary N) is 1. The highest BCUT2D eigenvalue weighted by Gasteiger charge is 2.46. The van der Waals surface area contributed by atoms with E-state index < -0.39 is 42.5 Å². The zero-order chi connectivity index (χ0) is 22.0. The summed E-state index contributed by atoms with van der Waals surface area (Å²) in [5, 5.41) is -0.287. The van der Waals surface area contributed by atoms with Gasteiger partial charge >= 0.3 is 21.5 Å². The molecule has 0 radical (unpaired) electrons. The number of sulfonamides is 1. The molecule has 0 aromatic heterocycles. The number of carbonyl (C=O) groups excluding carboxylic acids is 1. The van der Waals surface area contributed by atoms with Gasteiger partial charge in [-0.25, -0.2) is 13.1 Å². The number of carbonyl (C=O) groups is 1. The van der Waals surface area contributed by atoms with E-state index in [1.165, 1.54) is 19.1 Å². The molecule has 28 heavy (non-hydrogen) atoms. The topological polar surface area (TPSA) is 81.7 Å². The minimum Gasteiger partial charge on any atom is -0.426 e. The van der Waals surface area contributed by atoms with Crippen LogP contribution in [0.3, 0.4) is 0 Å². The van der Waals surface area contributed by atoms with Gasteiger partial charge in [0.25, 0.3) is 0 Å². The smallest absolute Gasteiger partial charge is 0.426 e. The van der Waals surface area contributed by atoms with Crippen LogP contribution in [0, 0.1) is 0 Å². The second-order valence-electron chi connectivity index (χ2n) is 7.80. The van der Waals surface area contributed by atoms with Crippen LogP contribution >= 0.6 is 0 Å². The first kappa shape index (κ1) is 24.6. The fourth-order valence-electron chi connectivity index (χ4n) is 2.01. The summed E-state index contributed by atoms with van der Waals surface area (Å²) in [6.45, 7) is 10.1. The van der Waals surface area contributed by atoms with Crippen LogP contribution in [0.4, 0.5) is 13.2 Å². The van der Waals surface area contributed by atoms with Gasteiger partial charge in [0.1, 0.15) is 5.75 Å². The number of hydrogen-bond donors (Lipinski definition) is 1. The van der Waals surface area contributed by atoms with Crippen molar-refractivity contribution in [1.82, 2.24) is 4.72 Å². The minimum atomic E-state index is -5.55. The maximum Gasteiger partial charge on any atom is 0.511 e. The van der Waals surface area contributed by atoms with Gasteiger partial charge in [0.15, 0.2) is 8.32 Å². The second-order valence-corrected chi connectivity index (χ2v) is 14.3. The third-order valence-electron chi connectivity index (χ3n) is 4.53. The summed E-state index contributed by atoms with van der Waals surface area (Å²) in [5.74, 6) is -0.515. The molecule has 1 rings (SSSR count). The van der Waals surface area contributed by atoms with Gasteiger partial charge in [0.05, 0.1) is 6.10 Å². The van der Waals surface area contributed by atoms with E-state index in [0.717, 1.165) is 0 Å². The molecule has 6 nitrogen and oxygen atoms in total. The lowest BCUT2D eigenvalue weighted by Crippen LogP contribution is -2.45. The maximum absolute atomic E-state index is 12.7. The van der Waals surface area contributed by atoms with Crippen LogP contribution in [-0.4, -0.2) is 34.8 Å². The van der Waals surface area contributed by atoms with Crippen molar-refractivity contribution in [3.05, 3.63) is 29.8 Å². The van der Waals surface area contributed by atoms with Crippen LogP contribution in [0.1, 0.15) is 39.4 Å². The first-order valence-corrected chi connectivity index (χ1v) is 12.9. The minimum absolute atomic E-state index is 0.102. The summed E-state index contributed by atoms with van der Waals surface area (Å²) in [5.41, 5.74) is -5.16. The Labute approximate surface area is 164 Å². The number of benzene rings is 1. The number of para-hydroxylation sites is 1. The van der Waals surface area contributed by atoms with Crippen LogP contribution in [0.2, 0.25) is 18.1 Å². The molecule has 0 heterocycles. The van der Waals surface area contributed by atoms with E-state index in [-0.39, 0.29) is 16.4 Å². The van der Waals surface area contributed by atoms with Crippen molar-refractivity contribution in [2.24, 2.45) is 0 Å². The van der Waals surface area contributed by atoms with Crippen LogP contribution in [0.25, 0.3) is 0 Å². The second kappa shape index (κ2) is 8.52. The Hall–Kier alpha value is -1.43. The van der Waals surface area contributed by atoms with Crippen molar-refractivity contribution in [2.75, 3.05) is 6.54 Å². The van der Waals surface area contributed by atoms with E-state index in [1.54, 1.807) is 16.9 Å². The van der Waals surface area contributed by atoms with Crippen LogP contribution < -0.4 is 9.46 Å². The summed E-state index contributed by atoms with van der Waals surface area (Å²) >= 11 is 0. The molecule has 0 saturated carbocycles. The monoisotopic (exact) mass is 441 g/mol. The van der Waals surface area contributed by atoms with Crippen molar-refractivity contribution >= 4 is 24.3 Å². The van der Waals surface area contributed by atoms with E-state index in [9.17, 15) is 26.4 Å². The standard InChI is InChI=1S/C17H26F3NO5SSi/c1-12(22)25-14-10-8-7-9-13(14)15(26-28(5,6)16(2,3)4)11-21-27(23,24)17(18,19)20/h7-10,15,21H,11H2,1-6H3. The zero-order valence-electron chi connectivity index (χ0n) is 16.7. The Balaban J connectivity index is 3.32. The molecule has 0 saturated heterocycles. The number of esters is 1. The SMILES string of the molecule is CC(=O)Oc1ccccc1C(CNS(=O)(=O)C(F)(F)F)O[Si](C)(C)C(C)(C)C. The maximum atomic E-state index is 12.7. The summed E-state index contributed by atoms with van der Waals surface area (Å²) < 4.78 is 73.9. The highest BCUT2D eigenvalue weighted by molar-refractivity contribution is 7.90. The lowest BCUT2D eigenvalue weighted by Gasteiger charge is -2.39. The normalized spacial score (nSPS) is 14.6. The fourth-order valence-corrected chi connectivity index (χ4v) is 3.82. The Bertz CT molecular complexity index is 804. The van der Waals surface area contributed by atoms with Crippen molar-refractivity contribution in [3.63, 3.8) is 0 Å². The predicted octanol–water partition coefficient (Wildman–Crippen LogP) is 4.11. The third-order valence-corrected chi connectivity index (χ3v) is 10.2. The van der Waals surface area contributed by atoms with E-state index >= 15 is 0 Å². The molecular weight excluding hydrogens is 415 g/mol. The molecule has 1 atom stereocenters. The van der Waals surface area contributed by atoms with Gasteiger partial charge in [-0.05, 0) is 24.2 Å². The van der Waals surface area contributed by atoms with Crippen molar-refractivity contribution in [2.45, 2.75) is 57.4 Å². The fraction of sp³-hybridized carbons (Fsp3) is 0.588. The molecular formula is C17H26F3NO5SSi. The molecule has 0 aliphatic rings. The number of halogens is 3. The molecule has 0 bridgehead atoms. The average Bonchev–Trinajstić information content (AvgIpc) is 2.49. The summed E-state index contributed by atoms with van der Waals surface area (Å²) in [7, 11) is -8.06. The molecule has 0 spiro atoms. The van der Waals surface area contributed by atoms with Crippen LogP contribution in [0.15, 0.2) is 24.3 Å². The van der Waals surface area contributed by atoms with Gasteiger partial charge in [-0.1, -0.05) is 39.0 Å². The van der Waals surface area contributed by atoms with Gasteiger partial charge in [-0.15, -0.1) is 0 Å². The average molecular weight is 442 g/mol. The highest BCUT2D eigenvalue weighted by atomic mass is 32.2. The lowest BCUT2D eigenvalue weighted by molar-refractivity contribution is -0.132. The van der Waals surface area contributed by atoms with Crippen LogP contribution in [-0.2, 0) is 19.2 Å². The molecule has 0 fully saturated rings. The van der Waals surface area contributed by atoms with Gasteiger partial charge in [-0.3, -0.25) is 4.79 Å². The molecule has 1 unspecified atom stereocenters. The Morgan fingerprint density at radius 1 is 1.18 bits per heavy atom. The first-order valence-electron chi connectivity index (χ1n) is 8.49. The number of hydrogen-bond acceptors (Lipinski definition) is 5. The number of ether oxygens (including phenoxy) is 1. The van der Waals surface area contributed by atoms with E-state index in [2.05, 4.69) is 0 Å². The molecule has 0 aliphatic carbocycles. The quantitative estimate of drug-likeness (QED) is 0.391. The van der Waals surface area contributed by atoms with Crippen molar-refractivity contribution < 1.29 is 35.5 Å². The van der Waals surface area contributed by atoms with Crippen molar-refractivity contribution in [3.8, 4) is 5.75 Å². The van der Waals surface area contributed by atoms with Gasteiger partial charge in [0, 0.05) is 19.0 Å². The van der Waals surface area contributed by atoms with E-state index in [0.29, 0.717) is 0 Å². The molecule has 160 valence electrons. The lowest BCUT2D eigenvalue weighted by atomic mass is 10.1. The van der Waals surface area contributed by atoms with E-state index in [4.69, 9.17) is 9.16 Å². The summed E-state index contributed by atoms with van der Waals surface area (Å²) in [4.78, 5) is 11.4. The molecule has 1 aromatic rings. The van der Waals surface area contributed by atoms with E-state index in [1.807, 2.05) is 33.9 Å². The molecule has 11 heteroatoms. The molecule has 0 amide bonds. The molecule has 0 aliphatic heterocycles. The Kier molecular flexibility index (Phi) is 7.48. The van der Waals surface area contributed by atoms with Gasteiger partial charge in [-0.2, -0.15) is 13.2 Å². The Morgan fingerprint density at radius 2 is 1.71 bits per heavy atom. The summed E-state index contributed by atoms with van der Waals surface area (Å²) in [6.07, 6.45) is -1.08. The zero-order valence-corrected chi connectivity index (χ0v) is 18.5. The Morgan fingerprint density at radius 3 is 2.18 bits per heavy atom. The number of alkyl halides is 3. The van der Waals surface area contributed by atoms with Gasteiger partial charge < -0.3 is 9.16 Å². The van der Waals surface area contributed by atoms with Crippen molar-refractivity contribution in [1.29, 1.82) is 0 Å². The predicted molar refractivity (Wildman–Crippen MR) is 102 cm³/mol. The molecule has 1 N–H and O–H groups in total.